The topological polar surface area (TPSA) is 27.7 Å². The van der Waals surface area contributed by atoms with Crippen molar-refractivity contribution in [1.82, 2.24) is 0 Å². The molecular formula is C24H38O3S2Si. The Kier molecular flexibility index (Phi) is 11.5. The summed E-state index contributed by atoms with van der Waals surface area (Å²) in [5.41, 5.74) is 6.40. The average Bonchev–Trinajstić information content (AvgIpc) is 3.28. The smallest absolute Gasteiger partial charge is 0.356 e. The molecule has 1 saturated carbocycles. The summed E-state index contributed by atoms with van der Waals surface area (Å²) in [5.74, 6) is 2.29. The first-order valence-electron chi connectivity index (χ1n) is 11.3. The maximum absolute atomic E-state index is 6.78. The second-order valence-electron chi connectivity index (χ2n) is 7.98. The number of hydrogen-bond donors (Lipinski definition) is 0. The molecule has 0 aromatic rings. The zero-order chi connectivity index (χ0) is 21.9. The standard InChI is InChI=1S/C24H38O3S2Si/c1-6-14-21(27-30(9-4,10-5)22-15-11-12-16-22)19-24(28-17-13-18-29-24)20-23(25-7-2)26-8-3/h4-6,21-23H,1,7-8,11-20H2,2-3H3/t21-/m0/s1. The van der Waals surface area contributed by atoms with Gasteiger partial charge in [-0.2, -0.15) is 0 Å². The van der Waals surface area contributed by atoms with E-state index in [1.165, 1.54) is 19.3 Å². The molecule has 0 amide bonds. The molecule has 2 fully saturated rings. The van der Waals surface area contributed by atoms with Gasteiger partial charge in [-0.3, -0.25) is 0 Å². The van der Waals surface area contributed by atoms with Crippen molar-refractivity contribution in [2.45, 2.75) is 87.2 Å². The molecular weight excluding hydrogens is 428 g/mol. The highest BCUT2D eigenvalue weighted by Gasteiger charge is 2.46. The molecule has 0 aromatic carbocycles. The van der Waals surface area contributed by atoms with E-state index in [4.69, 9.17) is 26.7 Å². The number of thioether (sulfide) groups is 2. The van der Waals surface area contributed by atoms with E-state index < -0.39 is 8.32 Å². The van der Waals surface area contributed by atoms with Crippen LogP contribution in [0.25, 0.3) is 0 Å². The lowest BCUT2D eigenvalue weighted by Gasteiger charge is -2.42. The van der Waals surface area contributed by atoms with E-state index in [-0.39, 0.29) is 16.5 Å². The van der Waals surface area contributed by atoms with Crippen LogP contribution in [-0.2, 0) is 13.9 Å². The van der Waals surface area contributed by atoms with Crippen LogP contribution < -0.4 is 0 Å². The van der Waals surface area contributed by atoms with Gasteiger partial charge in [0.1, 0.15) is 0 Å². The molecule has 1 aliphatic heterocycles. The minimum Gasteiger partial charge on any atom is -0.393 e. The van der Waals surface area contributed by atoms with Crippen molar-refractivity contribution in [2.75, 3.05) is 24.7 Å². The van der Waals surface area contributed by atoms with E-state index in [0.29, 0.717) is 18.8 Å². The third-order valence-electron chi connectivity index (χ3n) is 5.88. The summed E-state index contributed by atoms with van der Waals surface area (Å²) in [6.07, 6.45) is 22.2. The van der Waals surface area contributed by atoms with Crippen LogP contribution in [0.15, 0.2) is 12.7 Å². The zero-order valence-electron chi connectivity index (χ0n) is 18.7. The van der Waals surface area contributed by atoms with Crippen molar-refractivity contribution in [3.63, 3.8) is 0 Å². The van der Waals surface area contributed by atoms with Crippen LogP contribution in [0.1, 0.15) is 65.2 Å². The van der Waals surface area contributed by atoms with Crippen molar-refractivity contribution in [2.24, 2.45) is 0 Å². The second kappa shape index (κ2) is 13.3. The Hall–Kier alpha value is -0.343. The molecule has 30 heavy (non-hydrogen) atoms. The van der Waals surface area contributed by atoms with Crippen molar-refractivity contribution in [1.29, 1.82) is 0 Å². The Morgan fingerprint density at radius 1 is 1.07 bits per heavy atom. The largest absolute Gasteiger partial charge is 0.393 e. The molecule has 2 aliphatic rings. The zero-order valence-corrected chi connectivity index (χ0v) is 21.3. The molecule has 0 spiro atoms. The fourth-order valence-electron chi connectivity index (χ4n) is 4.47. The fourth-order valence-corrected chi connectivity index (χ4v) is 10.7. The number of terminal acetylenes is 2. The van der Waals surface area contributed by atoms with Gasteiger partial charge in [0, 0.05) is 25.2 Å². The molecule has 1 heterocycles. The van der Waals surface area contributed by atoms with Crippen molar-refractivity contribution in [3.05, 3.63) is 12.7 Å². The lowest BCUT2D eigenvalue weighted by Crippen LogP contribution is -2.46. The van der Waals surface area contributed by atoms with Crippen LogP contribution in [0.4, 0.5) is 0 Å². The van der Waals surface area contributed by atoms with Crippen LogP contribution in [0.5, 0.6) is 0 Å². The first kappa shape index (κ1) is 25.9. The number of hydrogen-bond acceptors (Lipinski definition) is 5. The highest BCUT2D eigenvalue weighted by atomic mass is 32.2. The Bertz CT molecular complexity index is 581. The average molecular weight is 467 g/mol. The van der Waals surface area contributed by atoms with Gasteiger partial charge in [0.25, 0.3) is 0 Å². The van der Waals surface area contributed by atoms with Gasteiger partial charge in [0.2, 0.25) is 0 Å². The molecule has 0 radical (unpaired) electrons. The van der Waals surface area contributed by atoms with E-state index in [2.05, 4.69) is 17.7 Å². The first-order valence-corrected chi connectivity index (χ1v) is 15.3. The normalized spacial score (nSPS) is 20.6. The van der Waals surface area contributed by atoms with E-state index in [1.54, 1.807) is 0 Å². The van der Waals surface area contributed by atoms with Gasteiger partial charge in [-0.1, -0.05) is 30.0 Å². The molecule has 3 nitrogen and oxygen atoms in total. The fraction of sp³-hybridized carbons (Fsp3) is 0.750. The van der Waals surface area contributed by atoms with Crippen LogP contribution in [0.2, 0.25) is 5.54 Å². The molecule has 0 bridgehead atoms. The summed E-state index contributed by atoms with van der Waals surface area (Å²) < 4.78 is 18.6. The monoisotopic (exact) mass is 466 g/mol. The minimum absolute atomic E-state index is 0.0103. The molecule has 0 aromatic heterocycles. The molecule has 1 atom stereocenters. The highest BCUT2D eigenvalue weighted by molar-refractivity contribution is 8.18. The predicted molar refractivity (Wildman–Crippen MR) is 134 cm³/mol. The highest BCUT2D eigenvalue weighted by Crippen LogP contribution is 2.50. The lowest BCUT2D eigenvalue weighted by atomic mass is 10.1. The van der Waals surface area contributed by atoms with E-state index in [0.717, 1.165) is 43.6 Å². The molecule has 0 N–H and O–H groups in total. The van der Waals surface area contributed by atoms with Gasteiger partial charge in [-0.25, -0.2) is 0 Å². The van der Waals surface area contributed by atoms with Crippen LogP contribution in [0.3, 0.4) is 0 Å². The molecule has 0 unspecified atom stereocenters. The Balaban J connectivity index is 2.21. The van der Waals surface area contributed by atoms with E-state index in [9.17, 15) is 0 Å². The van der Waals surface area contributed by atoms with E-state index >= 15 is 0 Å². The quantitative estimate of drug-likeness (QED) is 0.145. The van der Waals surface area contributed by atoms with Crippen molar-refractivity contribution >= 4 is 31.8 Å². The third-order valence-corrected chi connectivity index (χ3v) is 12.6. The van der Waals surface area contributed by atoms with E-state index in [1.807, 2.05) is 43.4 Å². The first-order chi connectivity index (χ1) is 14.6. The predicted octanol–water partition coefficient (Wildman–Crippen LogP) is 5.93. The number of rotatable bonds is 13. The number of ether oxygens (including phenoxy) is 2. The van der Waals surface area contributed by atoms with Gasteiger partial charge in [-0.15, -0.1) is 42.9 Å². The molecule has 1 saturated heterocycles. The SMILES string of the molecule is C#C[Si](C#C)(O[C@@H](CC=C)CC1(CC(OCC)OCC)SCCCS1)C1CCCC1. The summed E-state index contributed by atoms with van der Waals surface area (Å²) in [6.45, 7) is 9.32. The van der Waals surface area contributed by atoms with Crippen molar-refractivity contribution < 1.29 is 13.9 Å². The molecule has 168 valence electrons. The lowest BCUT2D eigenvalue weighted by molar-refractivity contribution is -0.141. The van der Waals surface area contributed by atoms with Gasteiger partial charge < -0.3 is 13.9 Å². The summed E-state index contributed by atoms with van der Waals surface area (Å²) in [4.78, 5) is 0. The summed E-state index contributed by atoms with van der Waals surface area (Å²) in [7, 11) is -2.67. The Labute approximate surface area is 194 Å². The molecule has 2 rings (SSSR count). The summed E-state index contributed by atoms with van der Waals surface area (Å²) in [6, 6.07) is 0. The third kappa shape index (κ3) is 7.09. The Morgan fingerprint density at radius 3 is 2.17 bits per heavy atom. The summed E-state index contributed by atoms with van der Waals surface area (Å²) >= 11 is 4.04. The maximum atomic E-state index is 6.78. The van der Waals surface area contributed by atoms with Gasteiger partial charge in [0.15, 0.2) is 6.29 Å². The van der Waals surface area contributed by atoms with Crippen LogP contribution in [-0.4, -0.2) is 49.5 Å². The molecule has 6 heteroatoms. The van der Waals surface area contributed by atoms with Crippen LogP contribution in [0, 0.1) is 23.9 Å². The van der Waals surface area contributed by atoms with Gasteiger partial charge in [0.05, 0.1) is 10.2 Å². The second-order valence-corrected chi connectivity index (χ2v) is 14.3. The molecule has 1 aliphatic carbocycles. The Morgan fingerprint density at radius 2 is 1.67 bits per heavy atom. The van der Waals surface area contributed by atoms with Crippen molar-refractivity contribution in [3.8, 4) is 23.9 Å². The summed E-state index contributed by atoms with van der Waals surface area (Å²) in [5, 5.41) is 0. The van der Waals surface area contributed by atoms with Gasteiger partial charge in [-0.05, 0) is 57.5 Å². The maximum Gasteiger partial charge on any atom is 0.356 e. The minimum atomic E-state index is -2.67. The van der Waals surface area contributed by atoms with Crippen LogP contribution >= 0.6 is 23.5 Å². The van der Waals surface area contributed by atoms with Gasteiger partial charge >= 0.3 is 8.32 Å².